The van der Waals surface area contributed by atoms with Gasteiger partial charge < -0.3 is 11.1 Å². The normalized spacial score (nSPS) is 14.0. The zero-order valence-corrected chi connectivity index (χ0v) is 9.50. The van der Waals surface area contributed by atoms with E-state index in [0.29, 0.717) is 11.6 Å². The Morgan fingerprint density at radius 2 is 1.94 bits per heavy atom. The third kappa shape index (κ3) is 1.73. The topological polar surface area (TPSA) is 84.1 Å². The van der Waals surface area contributed by atoms with E-state index in [4.69, 9.17) is 5.73 Å². The molecule has 2 aromatic rings. The summed E-state index contributed by atoms with van der Waals surface area (Å²) >= 11 is 0. The quantitative estimate of drug-likeness (QED) is 0.782. The average molecular weight is 241 g/mol. The van der Waals surface area contributed by atoms with Crippen LogP contribution in [0.5, 0.6) is 0 Å². The van der Waals surface area contributed by atoms with Gasteiger partial charge in [-0.15, -0.1) is 0 Å². The second-order valence-electron chi connectivity index (χ2n) is 3.97. The lowest BCUT2D eigenvalue weighted by Crippen LogP contribution is -2.35. The van der Waals surface area contributed by atoms with E-state index in [2.05, 4.69) is 15.3 Å². The van der Waals surface area contributed by atoms with Gasteiger partial charge in [0.1, 0.15) is 6.54 Å². The number of benzene rings is 1. The maximum atomic E-state index is 11.6. The van der Waals surface area contributed by atoms with E-state index < -0.39 is 0 Å². The van der Waals surface area contributed by atoms with Crippen LogP contribution in [0.15, 0.2) is 36.7 Å². The van der Waals surface area contributed by atoms with Crippen molar-refractivity contribution in [1.29, 1.82) is 0 Å². The van der Waals surface area contributed by atoms with E-state index in [1.807, 2.05) is 24.3 Å². The first-order chi connectivity index (χ1) is 8.74. The Kier molecular flexibility index (Phi) is 2.33. The molecule has 0 atom stereocenters. The summed E-state index contributed by atoms with van der Waals surface area (Å²) in [5.41, 5.74) is 7.68. The molecular weight excluding hydrogens is 230 g/mol. The van der Waals surface area contributed by atoms with Gasteiger partial charge in [0.05, 0.1) is 29.5 Å². The van der Waals surface area contributed by atoms with E-state index in [9.17, 15) is 4.79 Å². The van der Waals surface area contributed by atoms with Gasteiger partial charge in [0.2, 0.25) is 11.9 Å². The molecule has 0 spiro atoms. The van der Waals surface area contributed by atoms with Gasteiger partial charge in [0, 0.05) is 0 Å². The minimum Gasteiger partial charge on any atom is -0.396 e. The molecule has 1 aliphatic heterocycles. The number of para-hydroxylation sites is 2. The molecule has 0 unspecified atom stereocenters. The van der Waals surface area contributed by atoms with Crippen molar-refractivity contribution in [2.45, 2.75) is 0 Å². The molecule has 1 aliphatic rings. The molecule has 0 saturated heterocycles. The van der Waals surface area contributed by atoms with Crippen molar-refractivity contribution in [3.8, 4) is 0 Å². The van der Waals surface area contributed by atoms with Gasteiger partial charge >= 0.3 is 0 Å². The predicted octanol–water partition coefficient (Wildman–Crippen LogP) is 1.15. The van der Waals surface area contributed by atoms with Crippen LogP contribution in [-0.2, 0) is 4.79 Å². The van der Waals surface area contributed by atoms with Crippen LogP contribution >= 0.6 is 0 Å². The Morgan fingerprint density at radius 1 is 1.22 bits per heavy atom. The summed E-state index contributed by atoms with van der Waals surface area (Å²) in [6.45, 7) is 0.195. The van der Waals surface area contributed by atoms with Gasteiger partial charge in [0.15, 0.2) is 0 Å². The number of hydrogen-bond acceptors (Lipinski definition) is 5. The molecule has 90 valence electrons. The molecule has 6 nitrogen and oxygen atoms in total. The second kappa shape index (κ2) is 3.99. The van der Waals surface area contributed by atoms with Gasteiger partial charge in [-0.1, -0.05) is 12.1 Å². The maximum absolute atomic E-state index is 11.6. The third-order valence-electron chi connectivity index (χ3n) is 2.67. The number of nitrogen functional groups attached to an aromatic ring is 1. The van der Waals surface area contributed by atoms with Crippen LogP contribution in [0.25, 0.3) is 0 Å². The van der Waals surface area contributed by atoms with Crippen molar-refractivity contribution in [3.63, 3.8) is 0 Å². The largest absolute Gasteiger partial charge is 0.396 e. The number of nitrogens with two attached hydrogens (primary N) is 1. The number of anilines is 4. The molecule has 2 heterocycles. The molecule has 1 amide bonds. The lowest BCUT2D eigenvalue weighted by atomic mass is 10.2. The molecule has 0 radical (unpaired) electrons. The fourth-order valence-corrected chi connectivity index (χ4v) is 1.88. The fourth-order valence-electron chi connectivity index (χ4n) is 1.88. The lowest BCUT2D eigenvalue weighted by molar-refractivity contribution is -0.115. The Labute approximate surface area is 103 Å². The summed E-state index contributed by atoms with van der Waals surface area (Å²) in [4.78, 5) is 21.7. The Bertz CT molecular complexity index is 596. The molecule has 0 fully saturated rings. The predicted molar refractivity (Wildman–Crippen MR) is 68.5 cm³/mol. The zero-order valence-electron chi connectivity index (χ0n) is 9.50. The van der Waals surface area contributed by atoms with Crippen LogP contribution in [0.1, 0.15) is 0 Å². The minimum absolute atomic E-state index is 0.0888. The van der Waals surface area contributed by atoms with Crippen LogP contribution in [0.4, 0.5) is 23.0 Å². The van der Waals surface area contributed by atoms with Crippen LogP contribution in [-0.4, -0.2) is 22.4 Å². The van der Waals surface area contributed by atoms with Crippen molar-refractivity contribution in [2.75, 3.05) is 22.5 Å². The van der Waals surface area contributed by atoms with Crippen molar-refractivity contribution in [3.05, 3.63) is 36.7 Å². The number of hydrogen-bond donors (Lipinski definition) is 2. The Balaban J connectivity index is 2.07. The van der Waals surface area contributed by atoms with Crippen molar-refractivity contribution < 1.29 is 4.79 Å². The molecular formula is C12H11N5O. The molecule has 1 aromatic carbocycles. The second-order valence-corrected chi connectivity index (χ2v) is 3.97. The van der Waals surface area contributed by atoms with E-state index in [1.165, 1.54) is 12.4 Å². The first-order valence-electron chi connectivity index (χ1n) is 5.48. The Morgan fingerprint density at radius 3 is 2.72 bits per heavy atom. The van der Waals surface area contributed by atoms with E-state index in [-0.39, 0.29) is 12.5 Å². The van der Waals surface area contributed by atoms with Crippen molar-refractivity contribution in [1.82, 2.24) is 9.97 Å². The van der Waals surface area contributed by atoms with Gasteiger partial charge in [-0.3, -0.25) is 9.69 Å². The Hall–Kier alpha value is -2.63. The average Bonchev–Trinajstić information content (AvgIpc) is 2.38. The standard InChI is InChI=1S/C12H11N5O/c13-8-5-14-12(15-6-8)17-7-11(18)16-9-3-1-2-4-10(9)17/h1-6H,7,13H2,(H,16,18). The summed E-state index contributed by atoms with van der Waals surface area (Å²) in [7, 11) is 0. The highest BCUT2D eigenvalue weighted by atomic mass is 16.2. The summed E-state index contributed by atoms with van der Waals surface area (Å²) in [6.07, 6.45) is 3.05. The number of carbonyl (C=O) groups is 1. The molecule has 18 heavy (non-hydrogen) atoms. The number of carbonyl (C=O) groups excluding carboxylic acids is 1. The van der Waals surface area contributed by atoms with Crippen LogP contribution in [0, 0.1) is 0 Å². The van der Waals surface area contributed by atoms with E-state index >= 15 is 0 Å². The number of nitrogens with zero attached hydrogens (tertiary/aromatic N) is 3. The molecule has 3 rings (SSSR count). The van der Waals surface area contributed by atoms with Crippen LogP contribution in [0.3, 0.4) is 0 Å². The van der Waals surface area contributed by atoms with Gasteiger partial charge in [-0.05, 0) is 12.1 Å². The highest BCUT2D eigenvalue weighted by Gasteiger charge is 2.24. The highest BCUT2D eigenvalue weighted by Crippen LogP contribution is 2.32. The number of aromatic nitrogens is 2. The molecule has 0 aliphatic carbocycles. The smallest absolute Gasteiger partial charge is 0.244 e. The molecule has 3 N–H and O–H groups in total. The zero-order chi connectivity index (χ0) is 12.5. The van der Waals surface area contributed by atoms with Crippen LogP contribution in [0.2, 0.25) is 0 Å². The monoisotopic (exact) mass is 241 g/mol. The van der Waals surface area contributed by atoms with Gasteiger partial charge in [-0.25, -0.2) is 9.97 Å². The lowest BCUT2D eigenvalue weighted by Gasteiger charge is -2.28. The first-order valence-corrected chi connectivity index (χ1v) is 5.48. The van der Waals surface area contributed by atoms with E-state index in [0.717, 1.165) is 11.4 Å². The molecule has 0 bridgehead atoms. The number of rotatable bonds is 1. The summed E-state index contributed by atoms with van der Waals surface area (Å²) < 4.78 is 0. The SMILES string of the molecule is Nc1cnc(N2CC(=O)Nc3ccccc32)nc1. The highest BCUT2D eigenvalue weighted by molar-refractivity contribution is 6.02. The minimum atomic E-state index is -0.0888. The summed E-state index contributed by atoms with van der Waals surface area (Å²) in [6, 6.07) is 7.53. The molecule has 6 heteroatoms. The number of nitrogens with one attached hydrogen (secondary N) is 1. The van der Waals surface area contributed by atoms with Crippen LogP contribution < -0.4 is 16.0 Å². The number of fused-ring (bicyclic) bond motifs is 1. The van der Waals surface area contributed by atoms with Gasteiger partial charge in [-0.2, -0.15) is 0 Å². The summed E-state index contributed by atoms with van der Waals surface area (Å²) in [5, 5.41) is 2.81. The summed E-state index contributed by atoms with van der Waals surface area (Å²) in [5.74, 6) is 0.376. The maximum Gasteiger partial charge on any atom is 0.244 e. The van der Waals surface area contributed by atoms with Crippen molar-refractivity contribution >= 4 is 28.9 Å². The molecule has 0 saturated carbocycles. The number of amides is 1. The van der Waals surface area contributed by atoms with Gasteiger partial charge in [0.25, 0.3) is 0 Å². The first kappa shape index (κ1) is 10.5. The fraction of sp³-hybridized carbons (Fsp3) is 0.0833. The molecule has 1 aromatic heterocycles. The third-order valence-corrected chi connectivity index (χ3v) is 2.67. The van der Waals surface area contributed by atoms with E-state index in [1.54, 1.807) is 4.90 Å². The van der Waals surface area contributed by atoms with Crippen molar-refractivity contribution in [2.24, 2.45) is 0 Å².